The van der Waals surface area contributed by atoms with E-state index >= 15 is 0 Å². The normalized spacial score (nSPS) is 17.5. The zero-order valence-electron chi connectivity index (χ0n) is 13.9. The first-order chi connectivity index (χ1) is 11.5. The fourth-order valence-corrected chi connectivity index (χ4v) is 5.53. The Morgan fingerprint density at radius 1 is 1.29 bits per heavy atom. The van der Waals surface area contributed by atoms with Crippen LogP contribution in [0.2, 0.25) is 0 Å². The quantitative estimate of drug-likeness (QED) is 0.687. The third kappa shape index (κ3) is 5.72. The Kier molecular flexibility index (Phi) is 7.99. The maximum Gasteiger partial charge on any atom is 0.243 e. The first-order valence-corrected chi connectivity index (χ1v) is 12.1. The topological polar surface area (TPSA) is 71.4 Å². The number of amides is 1. The van der Waals surface area contributed by atoms with Crippen molar-refractivity contribution in [1.82, 2.24) is 14.2 Å². The molecule has 0 bridgehead atoms. The Balaban J connectivity index is 1.86. The monoisotopic (exact) mass is 391 g/mol. The number of hydrogen-bond donors (Lipinski definition) is 1. The average molecular weight is 392 g/mol. The van der Waals surface area contributed by atoms with Crippen LogP contribution in [0.5, 0.6) is 0 Å². The van der Waals surface area contributed by atoms with Crippen molar-refractivity contribution in [2.24, 2.45) is 0 Å². The van der Waals surface area contributed by atoms with Crippen LogP contribution >= 0.6 is 23.5 Å². The molecule has 2 rings (SSSR count). The number of thioether (sulfide) groups is 2. The minimum Gasteiger partial charge on any atom is -0.353 e. The van der Waals surface area contributed by atoms with Crippen molar-refractivity contribution in [2.45, 2.75) is 12.5 Å². The molecule has 1 aliphatic rings. The maximum atomic E-state index is 12.5. The van der Waals surface area contributed by atoms with Gasteiger partial charge in [-0.1, -0.05) is 0 Å². The molecule has 0 spiro atoms. The van der Waals surface area contributed by atoms with Crippen LogP contribution in [0.1, 0.15) is 12.5 Å². The summed E-state index contributed by atoms with van der Waals surface area (Å²) in [4.78, 5) is 12.5. The summed E-state index contributed by atoms with van der Waals surface area (Å²) in [7, 11) is -3.28. The van der Waals surface area contributed by atoms with Crippen molar-refractivity contribution >= 4 is 39.5 Å². The maximum absolute atomic E-state index is 12.5. The lowest BCUT2D eigenvalue weighted by Gasteiger charge is -2.25. The molecular formula is C15H25N3O3S3. The third-order valence-corrected chi connectivity index (χ3v) is 7.37. The lowest BCUT2D eigenvalue weighted by molar-refractivity contribution is -0.124. The molecule has 1 fully saturated rings. The summed E-state index contributed by atoms with van der Waals surface area (Å²) in [5.74, 6) is 2.40. The number of carbonyl (C=O) groups excluding carboxylic acids is 1. The third-order valence-electron chi connectivity index (χ3n) is 3.91. The summed E-state index contributed by atoms with van der Waals surface area (Å²) in [5, 5.41) is 2.80. The van der Waals surface area contributed by atoms with Crippen LogP contribution in [-0.2, 0) is 14.8 Å². The van der Waals surface area contributed by atoms with E-state index in [4.69, 9.17) is 0 Å². The van der Waals surface area contributed by atoms with Crippen LogP contribution in [0.15, 0.2) is 24.5 Å². The molecule has 1 aromatic heterocycles. The second-order valence-electron chi connectivity index (χ2n) is 5.55. The van der Waals surface area contributed by atoms with Gasteiger partial charge in [-0.05, 0) is 30.6 Å². The molecule has 24 heavy (non-hydrogen) atoms. The number of rotatable bonds is 9. The van der Waals surface area contributed by atoms with Gasteiger partial charge in [0.15, 0.2) is 0 Å². The summed E-state index contributed by atoms with van der Waals surface area (Å²) in [5.41, 5.74) is 0. The molecule has 0 saturated carbocycles. The van der Waals surface area contributed by atoms with Crippen LogP contribution in [0.25, 0.3) is 0 Å². The van der Waals surface area contributed by atoms with E-state index in [-0.39, 0.29) is 24.2 Å². The van der Waals surface area contributed by atoms with E-state index in [1.54, 1.807) is 23.5 Å². The first kappa shape index (κ1) is 19.7. The summed E-state index contributed by atoms with van der Waals surface area (Å²) >= 11 is 3.47. The van der Waals surface area contributed by atoms with Crippen molar-refractivity contribution < 1.29 is 13.2 Å². The number of carbonyl (C=O) groups is 1. The van der Waals surface area contributed by atoms with Gasteiger partial charge in [0.2, 0.25) is 15.9 Å². The molecule has 1 unspecified atom stereocenters. The minimum atomic E-state index is -3.28. The molecular weight excluding hydrogens is 366 g/mol. The van der Waals surface area contributed by atoms with E-state index in [2.05, 4.69) is 5.32 Å². The fourth-order valence-electron chi connectivity index (χ4n) is 2.58. The van der Waals surface area contributed by atoms with Gasteiger partial charge < -0.3 is 9.88 Å². The summed E-state index contributed by atoms with van der Waals surface area (Å²) in [6.45, 7) is 1.29. The molecule has 2 heterocycles. The number of nitrogens with one attached hydrogen (secondary N) is 1. The highest BCUT2D eigenvalue weighted by atomic mass is 32.2. The van der Waals surface area contributed by atoms with Gasteiger partial charge in [0.25, 0.3) is 0 Å². The SMILES string of the molecule is CSCCC(C(=O)NCCS(=O)(=O)N1CCSCC1)n1cccc1. The molecule has 6 nitrogen and oxygen atoms in total. The van der Waals surface area contributed by atoms with Crippen LogP contribution in [0, 0.1) is 0 Å². The Labute approximate surface area is 152 Å². The van der Waals surface area contributed by atoms with E-state index in [1.807, 2.05) is 35.3 Å². The largest absolute Gasteiger partial charge is 0.353 e. The smallest absolute Gasteiger partial charge is 0.243 e. The highest BCUT2D eigenvalue weighted by Gasteiger charge is 2.25. The number of aromatic nitrogens is 1. The van der Waals surface area contributed by atoms with Crippen LogP contribution < -0.4 is 5.32 Å². The van der Waals surface area contributed by atoms with Gasteiger partial charge in [0, 0.05) is 43.5 Å². The van der Waals surface area contributed by atoms with Crippen LogP contribution in [0.4, 0.5) is 0 Å². The molecule has 0 radical (unpaired) electrons. The van der Waals surface area contributed by atoms with Crippen molar-refractivity contribution in [3.05, 3.63) is 24.5 Å². The fraction of sp³-hybridized carbons (Fsp3) is 0.667. The highest BCUT2D eigenvalue weighted by molar-refractivity contribution is 7.99. The van der Waals surface area contributed by atoms with Crippen LogP contribution in [-0.4, -0.2) is 72.1 Å². The Morgan fingerprint density at radius 3 is 2.58 bits per heavy atom. The van der Waals surface area contributed by atoms with Crippen molar-refractivity contribution in [2.75, 3.05) is 48.9 Å². The molecule has 1 aromatic rings. The molecule has 1 atom stereocenters. The molecule has 0 aliphatic carbocycles. The Bertz CT molecular complexity index is 599. The second kappa shape index (κ2) is 9.74. The molecule has 0 aromatic carbocycles. The zero-order chi connectivity index (χ0) is 17.4. The molecule has 1 amide bonds. The second-order valence-corrected chi connectivity index (χ2v) is 9.84. The van der Waals surface area contributed by atoms with Crippen LogP contribution in [0.3, 0.4) is 0 Å². The van der Waals surface area contributed by atoms with E-state index in [0.717, 1.165) is 23.7 Å². The highest BCUT2D eigenvalue weighted by Crippen LogP contribution is 2.16. The van der Waals surface area contributed by atoms with Gasteiger partial charge in [0.05, 0.1) is 5.75 Å². The Hall–Kier alpha value is -0.640. The van der Waals surface area contributed by atoms with E-state index in [0.29, 0.717) is 13.1 Å². The molecule has 1 saturated heterocycles. The predicted octanol–water partition coefficient (Wildman–Crippen LogP) is 1.28. The van der Waals surface area contributed by atoms with Gasteiger partial charge in [-0.3, -0.25) is 4.79 Å². The average Bonchev–Trinajstić information content (AvgIpc) is 3.10. The van der Waals surface area contributed by atoms with Gasteiger partial charge in [0.1, 0.15) is 6.04 Å². The molecule has 1 aliphatic heterocycles. The number of sulfonamides is 1. The predicted molar refractivity (Wildman–Crippen MR) is 102 cm³/mol. The van der Waals surface area contributed by atoms with E-state index in [1.165, 1.54) is 4.31 Å². The zero-order valence-corrected chi connectivity index (χ0v) is 16.3. The number of nitrogens with zero attached hydrogens (tertiary/aromatic N) is 2. The lowest BCUT2D eigenvalue weighted by Crippen LogP contribution is -2.42. The van der Waals surface area contributed by atoms with E-state index < -0.39 is 10.0 Å². The van der Waals surface area contributed by atoms with E-state index in [9.17, 15) is 13.2 Å². The summed E-state index contributed by atoms with van der Waals surface area (Å²) in [6, 6.07) is 3.48. The van der Waals surface area contributed by atoms with Crippen molar-refractivity contribution in [3.8, 4) is 0 Å². The van der Waals surface area contributed by atoms with Crippen molar-refractivity contribution in [3.63, 3.8) is 0 Å². The van der Waals surface area contributed by atoms with Gasteiger partial charge >= 0.3 is 0 Å². The Morgan fingerprint density at radius 2 is 1.96 bits per heavy atom. The summed E-state index contributed by atoms with van der Waals surface area (Å²) in [6.07, 6.45) is 6.46. The number of hydrogen-bond acceptors (Lipinski definition) is 5. The lowest BCUT2D eigenvalue weighted by atomic mass is 10.2. The van der Waals surface area contributed by atoms with Gasteiger partial charge in [-0.2, -0.15) is 23.5 Å². The molecule has 9 heteroatoms. The summed E-state index contributed by atoms with van der Waals surface area (Å²) < 4.78 is 28.0. The minimum absolute atomic E-state index is 0.0374. The first-order valence-electron chi connectivity index (χ1n) is 7.99. The van der Waals surface area contributed by atoms with Gasteiger partial charge in [-0.25, -0.2) is 12.7 Å². The molecule has 136 valence electrons. The van der Waals surface area contributed by atoms with Gasteiger partial charge in [-0.15, -0.1) is 0 Å². The molecule has 1 N–H and O–H groups in total. The van der Waals surface area contributed by atoms with Crippen molar-refractivity contribution in [1.29, 1.82) is 0 Å². The standard InChI is InChI=1S/C15H25N3O3S3/c1-22-10-4-14(17-6-2-3-7-17)15(19)16-5-13-24(20,21)18-8-11-23-12-9-18/h2-3,6-7,14H,4-5,8-13H2,1H3,(H,16,19).